The molecule has 0 spiro atoms. The number of hydrogen-bond donors (Lipinski definition) is 3. The van der Waals surface area contributed by atoms with Crippen molar-refractivity contribution in [2.45, 2.75) is 57.2 Å². The molecule has 2 aromatic heterocycles. The Bertz CT molecular complexity index is 1500. The summed E-state index contributed by atoms with van der Waals surface area (Å²) in [5.41, 5.74) is 3.95. The van der Waals surface area contributed by atoms with Gasteiger partial charge in [0.05, 0.1) is 6.04 Å². The highest BCUT2D eigenvalue weighted by Crippen LogP contribution is 2.36. The third-order valence-electron chi connectivity index (χ3n) is 8.02. The molecule has 0 bridgehead atoms. The van der Waals surface area contributed by atoms with Crippen molar-refractivity contribution in [3.63, 3.8) is 0 Å². The lowest BCUT2D eigenvalue weighted by Gasteiger charge is -2.38. The Morgan fingerprint density at radius 2 is 1.93 bits per heavy atom. The minimum absolute atomic E-state index is 0.116. The Morgan fingerprint density at radius 3 is 2.73 bits per heavy atom. The maximum atomic E-state index is 13.7. The number of aryl methyl sites for hydroxylation is 1. The fourth-order valence-corrected chi connectivity index (χ4v) is 6.06. The van der Waals surface area contributed by atoms with E-state index >= 15 is 0 Å². The lowest BCUT2D eigenvalue weighted by molar-refractivity contribution is 0.0936. The molecule has 0 radical (unpaired) electrons. The average Bonchev–Trinajstić information content (AvgIpc) is 3.58. The van der Waals surface area contributed by atoms with E-state index in [1.54, 1.807) is 24.5 Å². The molecule has 3 heterocycles. The number of benzene rings is 2. The summed E-state index contributed by atoms with van der Waals surface area (Å²) in [7, 11) is 0. The highest BCUT2D eigenvalue weighted by molar-refractivity contribution is 5.95. The lowest BCUT2D eigenvalue weighted by Crippen LogP contribution is -2.47. The minimum atomic E-state index is -0.442. The van der Waals surface area contributed by atoms with E-state index in [1.165, 1.54) is 6.07 Å². The first-order valence-corrected chi connectivity index (χ1v) is 14.1. The van der Waals surface area contributed by atoms with Gasteiger partial charge in [-0.3, -0.25) is 9.78 Å². The van der Waals surface area contributed by atoms with E-state index in [0.717, 1.165) is 85.8 Å². The van der Waals surface area contributed by atoms with Crippen molar-refractivity contribution >= 4 is 11.6 Å². The van der Waals surface area contributed by atoms with Crippen LogP contribution in [0.5, 0.6) is 0 Å². The summed E-state index contributed by atoms with van der Waals surface area (Å²) < 4.78 is 15.9. The normalized spacial score (nSPS) is 17.8. The minimum Gasteiger partial charge on any atom is -0.373 e. The second kappa shape index (κ2) is 11.2. The SMILES string of the molecule is CCCn1c(-c2ccncc2)nnc1C1(Nc2cccc(C(=O)N[C@H]3CCc4cc(F)ccc43)c2)CCNCC1. The van der Waals surface area contributed by atoms with Crippen molar-refractivity contribution in [3.05, 3.63) is 95.3 Å². The molecular weight excluding hydrogens is 505 g/mol. The maximum absolute atomic E-state index is 13.7. The second-order valence-corrected chi connectivity index (χ2v) is 10.7. The molecule has 2 aliphatic rings. The number of piperidine rings is 1. The summed E-state index contributed by atoms with van der Waals surface area (Å²) in [5.74, 6) is 1.37. The molecular formula is C31H34FN7O. The average molecular weight is 540 g/mol. The Kier molecular flexibility index (Phi) is 7.30. The van der Waals surface area contributed by atoms with E-state index in [4.69, 9.17) is 5.10 Å². The molecule has 8 nitrogen and oxygen atoms in total. The van der Waals surface area contributed by atoms with E-state index in [9.17, 15) is 9.18 Å². The topological polar surface area (TPSA) is 96.8 Å². The van der Waals surface area contributed by atoms with Gasteiger partial charge in [0, 0.05) is 35.8 Å². The van der Waals surface area contributed by atoms with Crippen LogP contribution >= 0.6 is 0 Å². The lowest BCUT2D eigenvalue weighted by atomic mass is 9.86. The Hall–Kier alpha value is -4.11. The van der Waals surface area contributed by atoms with Gasteiger partial charge < -0.3 is 20.5 Å². The zero-order valence-corrected chi connectivity index (χ0v) is 22.7. The van der Waals surface area contributed by atoms with Crippen LogP contribution in [-0.4, -0.2) is 38.7 Å². The zero-order chi connectivity index (χ0) is 27.5. The van der Waals surface area contributed by atoms with Crippen LogP contribution in [0.15, 0.2) is 67.0 Å². The molecule has 0 saturated carbocycles. The van der Waals surface area contributed by atoms with Crippen molar-refractivity contribution in [2.24, 2.45) is 0 Å². The van der Waals surface area contributed by atoms with E-state index in [0.29, 0.717) is 5.56 Å². The third kappa shape index (κ3) is 5.09. The smallest absolute Gasteiger partial charge is 0.251 e. The highest BCUT2D eigenvalue weighted by atomic mass is 19.1. The highest BCUT2D eigenvalue weighted by Gasteiger charge is 2.39. The molecule has 9 heteroatoms. The van der Waals surface area contributed by atoms with Crippen LogP contribution < -0.4 is 16.0 Å². The van der Waals surface area contributed by atoms with Gasteiger partial charge in [-0.2, -0.15) is 0 Å². The van der Waals surface area contributed by atoms with Gasteiger partial charge in [-0.05, 0) is 98.8 Å². The van der Waals surface area contributed by atoms with E-state index < -0.39 is 5.54 Å². The molecule has 2 aromatic carbocycles. The summed E-state index contributed by atoms with van der Waals surface area (Å²) in [6.45, 7) is 4.65. The van der Waals surface area contributed by atoms with Crippen molar-refractivity contribution < 1.29 is 9.18 Å². The number of anilines is 1. The van der Waals surface area contributed by atoms with E-state index in [1.807, 2.05) is 36.4 Å². The Labute approximate surface area is 233 Å². The number of aromatic nitrogens is 4. The maximum Gasteiger partial charge on any atom is 0.251 e. The van der Waals surface area contributed by atoms with Gasteiger partial charge in [-0.1, -0.05) is 19.1 Å². The first-order valence-electron chi connectivity index (χ1n) is 14.1. The van der Waals surface area contributed by atoms with E-state index in [-0.39, 0.29) is 17.8 Å². The number of halogens is 1. The number of amides is 1. The molecule has 1 saturated heterocycles. The van der Waals surface area contributed by atoms with Crippen molar-refractivity contribution in [1.29, 1.82) is 0 Å². The molecule has 40 heavy (non-hydrogen) atoms. The van der Waals surface area contributed by atoms with Crippen LogP contribution in [0.4, 0.5) is 10.1 Å². The van der Waals surface area contributed by atoms with Crippen LogP contribution in [0.3, 0.4) is 0 Å². The van der Waals surface area contributed by atoms with Crippen LogP contribution in [0.2, 0.25) is 0 Å². The van der Waals surface area contributed by atoms with Gasteiger partial charge in [-0.15, -0.1) is 10.2 Å². The summed E-state index contributed by atoms with van der Waals surface area (Å²) in [5, 5.41) is 19.8. The van der Waals surface area contributed by atoms with Crippen LogP contribution in [0.25, 0.3) is 11.4 Å². The number of carbonyl (C=O) groups is 1. The third-order valence-corrected chi connectivity index (χ3v) is 8.02. The molecule has 1 fully saturated rings. The van der Waals surface area contributed by atoms with Crippen molar-refractivity contribution in [3.8, 4) is 11.4 Å². The molecule has 1 aliphatic heterocycles. The number of hydrogen-bond acceptors (Lipinski definition) is 6. The fourth-order valence-electron chi connectivity index (χ4n) is 6.06. The van der Waals surface area contributed by atoms with Crippen LogP contribution in [0, 0.1) is 5.82 Å². The zero-order valence-electron chi connectivity index (χ0n) is 22.7. The predicted octanol–water partition coefficient (Wildman–Crippen LogP) is 5.00. The summed E-state index contributed by atoms with van der Waals surface area (Å²) in [4.78, 5) is 17.5. The fraction of sp³-hybridized carbons (Fsp3) is 0.355. The van der Waals surface area contributed by atoms with Gasteiger partial charge in [0.2, 0.25) is 0 Å². The summed E-state index contributed by atoms with van der Waals surface area (Å²) in [6, 6.07) is 16.3. The molecule has 4 aromatic rings. The number of nitrogens with one attached hydrogen (secondary N) is 3. The van der Waals surface area contributed by atoms with Crippen molar-refractivity contribution in [2.75, 3.05) is 18.4 Å². The van der Waals surface area contributed by atoms with Gasteiger partial charge in [0.1, 0.15) is 11.4 Å². The Balaban J connectivity index is 1.28. The Morgan fingerprint density at radius 1 is 1.10 bits per heavy atom. The molecule has 6 rings (SSSR count). The molecule has 1 amide bonds. The summed E-state index contributed by atoms with van der Waals surface area (Å²) >= 11 is 0. The quantitative estimate of drug-likeness (QED) is 0.292. The van der Waals surface area contributed by atoms with E-state index in [2.05, 4.69) is 37.5 Å². The number of fused-ring (bicyclic) bond motifs is 1. The standard InChI is InChI=1S/C31H34FN7O/c1-2-18-39-28(21-10-14-33-15-11-21)37-38-30(39)31(12-16-34-17-13-31)36-25-5-3-4-23(20-25)29(40)35-27-9-6-22-19-24(32)7-8-26(22)27/h3-5,7-8,10-11,14-15,19-20,27,34,36H,2,6,9,12-13,16-18H2,1H3,(H,35,40)/t27-/m0/s1. The molecule has 3 N–H and O–H groups in total. The largest absolute Gasteiger partial charge is 0.373 e. The van der Waals surface area contributed by atoms with Gasteiger partial charge in [0.25, 0.3) is 5.91 Å². The van der Waals surface area contributed by atoms with Crippen LogP contribution in [0.1, 0.15) is 66.0 Å². The van der Waals surface area contributed by atoms with Crippen molar-refractivity contribution in [1.82, 2.24) is 30.4 Å². The summed E-state index contributed by atoms with van der Waals surface area (Å²) in [6.07, 6.45) is 7.69. The predicted molar refractivity (Wildman–Crippen MR) is 152 cm³/mol. The molecule has 1 aliphatic carbocycles. The van der Waals surface area contributed by atoms with Crippen LogP contribution in [-0.2, 0) is 18.5 Å². The number of pyridine rings is 1. The molecule has 206 valence electrons. The monoisotopic (exact) mass is 539 g/mol. The number of carbonyl (C=O) groups excluding carboxylic acids is 1. The van der Waals surface area contributed by atoms with Gasteiger partial charge >= 0.3 is 0 Å². The van der Waals surface area contributed by atoms with Gasteiger partial charge in [0.15, 0.2) is 11.6 Å². The number of nitrogens with zero attached hydrogens (tertiary/aromatic N) is 4. The second-order valence-electron chi connectivity index (χ2n) is 10.7. The van der Waals surface area contributed by atoms with Gasteiger partial charge in [-0.25, -0.2) is 4.39 Å². The number of rotatable bonds is 8. The first-order chi connectivity index (χ1) is 19.6. The molecule has 0 unspecified atom stereocenters. The molecule has 1 atom stereocenters. The first kappa shape index (κ1) is 26.1.